The second-order valence-corrected chi connectivity index (χ2v) is 7.61. The van der Waals surface area contributed by atoms with Gasteiger partial charge in [0.05, 0.1) is 16.4 Å². The molecule has 0 aliphatic carbocycles. The van der Waals surface area contributed by atoms with E-state index in [1.54, 1.807) is 0 Å². The fourth-order valence-electron chi connectivity index (χ4n) is 3.33. The Hall–Kier alpha value is -2.52. The molecule has 0 radical (unpaired) electrons. The van der Waals surface area contributed by atoms with Crippen LogP contribution in [0.25, 0.3) is 10.8 Å². The maximum absolute atomic E-state index is 4.76. The molecule has 4 rings (SSSR count). The van der Waals surface area contributed by atoms with Crippen LogP contribution >= 0.6 is 11.8 Å². The molecule has 26 heavy (non-hydrogen) atoms. The van der Waals surface area contributed by atoms with Gasteiger partial charge in [0.15, 0.2) is 0 Å². The first-order valence-corrected chi connectivity index (χ1v) is 9.78. The molecule has 0 unspecified atom stereocenters. The third-order valence-corrected chi connectivity index (χ3v) is 5.70. The van der Waals surface area contributed by atoms with Gasteiger partial charge in [0.25, 0.3) is 0 Å². The van der Waals surface area contributed by atoms with Gasteiger partial charge in [-0.3, -0.25) is 4.99 Å². The van der Waals surface area contributed by atoms with Crippen molar-refractivity contribution in [2.24, 2.45) is 4.99 Å². The van der Waals surface area contributed by atoms with E-state index in [0.717, 1.165) is 17.9 Å². The largest absolute Gasteiger partial charge is 0.335 e. The van der Waals surface area contributed by atoms with Crippen molar-refractivity contribution < 1.29 is 0 Å². The third-order valence-electron chi connectivity index (χ3n) is 4.60. The summed E-state index contributed by atoms with van der Waals surface area (Å²) in [4.78, 5) is 8.48. The van der Waals surface area contributed by atoms with E-state index in [0.29, 0.717) is 0 Å². The third kappa shape index (κ3) is 3.15. The summed E-state index contributed by atoms with van der Waals surface area (Å²) in [6.07, 6.45) is 2.20. The van der Waals surface area contributed by atoms with E-state index in [9.17, 15) is 0 Å². The Bertz CT molecular complexity index is 1020. The lowest BCUT2D eigenvalue weighted by Crippen LogP contribution is -2.17. The number of allylic oxidation sites excluding steroid dienone is 1. The van der Waals surface area contributed by atoms with E-state index in [1.165, 1.54) is 31.9 Å². The van der Waals surface area contributed by atoms with Crippen LogP contribution in [0.5, 0.6) is 0 Å². The minimum atomic E-state index is 0.942. The van der Waals surface area contributed by atoms with E-state index >= 15 is 0 Å². The fourth-order valence-corrected chi connectivity index (χ4v) is 4.57. The number of fused-ring (bicyclic) bond motifs is 3. The second kappa shape index (κ2) is 7.00. The average Bonchev–Trinajstić information content (AvgIpc) is 3.01. The highest BCUT2D eigenvalue weighted by atomic mass is 32.2. The predicted octanol–water partition coefficient (Wildman–Crippen LogP) is 6.71. The molecule has 0 bridgehead atoms. The van der Waals surface area contributed by atoms with Crippen LogP contribution < -0.4 is 4.90 Å². The molecular weight excluding hydrogens is 336 g/mol. The number of rotatable bonds is 3. The highest BCUT2D eigenvalue weighted by Gasteiger charge is 2.25. The Balaban J connectivity index is 1.72. The zero-order valence-electron chi connectivity index (χ0n) is 15.4. The van der Waals surface area contributed by atoms with Crippen LogP contribution in [-0.4, -0.2) is 12.3 Å². The fraction of sp³-hybridized carbons (Fsp3) is 0.174. The van der Waals surface area contributed by atoms with Gasteiger partial charge < -0.3 is 4.90 Å². The molecule has 2 nitrogen and oxygen atoms in total. The van der Waals surface area contributed by atoms with Gasteiger partial charge >= 0.3 is 0 Å². The number of benzene rings is 3. The summed E-state index contributed by atoms with van der Waals surface area (Å²) >= 11 is 1.83. The van der Waals surface area contributed by atoms with Crippen molar-refractivity contribution in [2.45, 2.75) is 25.7 Å². The van der Waals surface area contributed by atoms with Gasteiger partial charge in [-0.05, 0) is 50.4 Å². The Morgan fingerprint density at radius 1 is 1.04 bits per heavy atom. The first-order chi connectivity index (χ1) is 12.7. The Labute approximate surface area is 159 Å². The average molecular weight is 359 g/mol. The Morgan fingerprint density at radius 3 is 2.58 bits per heavy atom. The van der Waals surface area contributed by atoms with Gasteiger partial charge in [0.2, 0.25) is 0 Å². The molecule has 0 atom stereocenters. The van der Waals surface area contributed by atoms with Gasteiger partial charge in [-0.25, -0.2) is 0 Å². The van der Waals surface area contributed by atoms with Crippen LogP contribution in [0.15, 0.2) is 81.7 Å². The van der Waals surface area contributed by atoms with E-state index in [-0.39, 0.29) is 0 Å². The topological polar surface area (TPSA) is 15.6 Å². The SMILES string of the molecule is CCN1/C(=C/C(C)=Nc2ccc(C)cc2)Sc2ccc3ccccc3c21. The van der Waals surface area contributed by atoms with E-state index in [4.69, 9.17) is 4.99 Å². The molecule has 0 N–H and O–H groups in total. The zero-order valence-corrected chi connectivity index (χ0v) is 16.2. The molecule has 1 aliphatic rings. The van der Waals surface area contributed by atoms with Crippen LogP contribution in [0.4, 0.5) is 11.4 Å². The van der Waals surface area contributed by atoms with Crippen molar-refractivity contribution in [3.05, 3.63) is 77.3 Å². The van der Waals surface area contributed by atoms with Crippen LogP contribution in [-0.2, 0) is 0 Å². The molecule has 0 saturated heterocycles. The van der Waals surface area contributed by atoms with Crippen molar-refractivity contribution in [1.29, 1.82) is 0 Å². The van der Waals surface area contributed by atoms with Crippen LogP contribution in [0, 0.1) is 6.92 Å². The molecule has 3 aromatic rings. The van der Waals surface area contributed by atoms with Gasteiger partial charge in [-0.1, -0.05) is 59.8 Å². The molecule has 130 valence electrons. The van der Waals surface area contributed by atoms with Gasteiger partial charge in [-0.15, -0.1) is 0 Å². The van der Waals surface area contributed by atoms with Gasteiger partial charge in [0, 0.05) is 22.5 Å². The minimum Gasteiger partial charge on any atom is -0.335 e. The molecule has 0 amide bonds. The number of aliphatic imine (C=N–C) groups is 1. The molecule has 1 aliphatic heterocycles. The van der Waals surface area contributed by atoms with Crippen molar-refractivity contribution in [2.75, 3.05) is 11.4 Å². The molecule has 1 heterocycles. The van der Waals surface area contributed by atoms with Crippen molar-refractivity contribution in [3.63, 3.8) is 0 Å². The zero-order chi connectivity index (χ0) is 18.1. The summed E-state index contributed by atoms with van der Waals surface area (Å²) in [5.41, 5.74) is 4.60. The maximum atomic E-state index is 4.76. The lowest BCUT2D eigenvalue weighted by atomic mass is 10.1. The van der Waals surface area contributed by atoms with E-state index in [2.05, 4.69) is 92.4 Å². The standard InChI is InChI=1S/C23H22N2S/c1-4-25-22(15-17(3)24-19-12-9-16(2)10-13-19)26-21-14-11-18-7-5-6-8-20(18)23(21)25/h5-15H,4H2,1-3H3/b22-15-,24-17?. The summed E-state index contributed by atoms with van der Waals surface area (Å²) in [6, 6.07) is 21.4. The first-order valence-electron chi connectivity index (χ1n) is 8.96. The lowest BCUT2D eigenvalue weighted by Gasteiger charge is -2.19. The van der Waals surface area contributed by atoms with E-state index in [1.807, 2.05) is 11.8 Å². The summed E-state index contributed by atoms with van der Waals surface area (Å²) in [6.45, 7) is 7.32. The molecule has 0 saturated carbocycles. The lowest BCUT2D eigenvalue weighted by molar-refractivity contribution is 1.01. The number of hydrogen-bond acceptors (Lipinski definition) is 3. The molecule has 0 fully saturated rings. The van der Waals surface area contributed by atoms with Crippen molar-refractivity contribution >= 4 is 39.6 Å². The number of aryl methyl sites for hydroxylation is 1. The Morgan fingerprint density at radius 2 is 1.81 bits per heavy atom. The van der Waals surface area contributed by atoms with Gasteiger partial charge in [0.1, 0.15) is 0 Å². The maximum Gasteiger partial charge on any atom is 0.0819 e. The van der Waals surface area contributed by atoms with E-state index < -0.39 is 0 Å². The first kappa shape index (κ1) is 16.9. The predicted molar refractivity (Wildman–Crippen MR) is 115 cm³/mol. The normalized spacial score (nSPS) is 15.7. The number of anilines is 1. The number of thioether (sulfide) groups is 1. The number of hydrogen-bond donors (Lipinski definition) is 0. The number of nitrogens with zero attached hydrogens (tertiary/aromatic N) is 2. The van der Waals surface area contributed by atoms with Crippen molar-refractivity contribution in [3.8, 4) is 0 Å². The molecule has 0 aromatic heterocycles. The highest BCUT2D eigenvalue weighted by Crippen LogP contribution is 2.49. The van der Waals surface area contributed by atoms with Crippen molar-refractivity contribution in [1.82, 2.24) is 0 Å². The van der Waals surface area contributed by atoms with Gasteiger partial charge in [-0.2, -0.15) is 0 Å². The smallest absolute Gasteiger partial charge is 0.0819 e. The molecule has 3 aromatic carbocycles. The summed E-state index contributed by atoms with van der Waals surface area (Å²) < 4.78 is 0. The van der Waals surface area contributed by atoms with Crippen LogP contribution in [0.2, 0.25) is 0 Å². The summed E-state index contributed by atoms with van der Waals surface area (Å²) in [5.74, 6) is 0. The minimum absolute atomic E-state index is 0.942. The quantitative estimate of drug-likeness (QED) is 0.483. The molecule has 3 heteroatoms. The van der Waals surface area contributed by atoms with Crippen LogP contribution in [0.3, 0.4) is 0 Å². The Kier molecular flexibility index (Phi) is 4.56. The molecule has 0 spiro atoms. The summed E-state index contributed by atoms with van der Waals surface area (Å²) in [5, 5.41) is 3.85. The second-order valence-electron chi connectivity index (χ2n) is 6.55. The highest BCUT2D eigenvalue weighted by molar-refractivity contribution is 8.03. The monoisotopic (exact) mass is 358 g/mol. The summed E-state index contributed by atoms with van der Waals surface area (Å²) in [7, 11) is 0. The van der Waals surface area contributed by atoms with Crippen LogP contribution in [0.1, 0.15) is 19.4 Å². The molecular formula is C23H22N2S.